The van der Waals surface area contributed by atoms with Gasteiger partial charge >= 0.3 is 0 Å². The number of nitrogens with one attached hydrogen (secondary N) is 3. The van der Waals surface area contributed by atoms with Gasteiger partial charge in [0.25, 0.3) is 0 Å². The van der Waals surface area contributed by atoms with Crippen LogP contribution in [0, 0.1) is 11.2 Å². The fraction of sp³-hybridized carbons (Fsp3) is 0.476. The van der Waals surface area contributed by atoms with Crippen molar-refractivity contribution in [2.24, 2.45) is 0 Å². The second-order valence-corrected chi connectivity index (χ2v) is 7.41. The van der Waals surface area contributed by atoms with E-state index in [0.717, 1.165) is 36.3 Å². The summed E-state index contributed by atoms with van der Waals surface area (Å²) in [6.07, 6.45) is 6.52. The minimum absolute atomic E-state index is 0.292. The fourth-order valence-corrected chi connectivity index (χ4v) is 3.18. The Morgan fingerprint density at radius 3 is 2.54 bits per heavy atom. The molecule has 0 aliphatic heterocycles. The van der Waals surface area contributed by atoms with Crippen LogP contribution >= 0.6 is 11.6 Å². The minimum atomic E-state index is -0.292. The summed E-state index contributed by atoms with van der Waals surface area (Å²) < 4.78 is 14.3. The van der Waals surface area contributed by atoms with Gasteiger partial charge in [0, 0.05) is 29.4 Å². The Kier molecular flexibility index (Phi) is 7.70. The largest absolute Gasteiger partial charge is 0.372 e. The molecule has 5 heteroatoms. The summed E-state index contributed by atoms with van der Waals surface area (Å²) >= 11 is 6.22. The summed E-state index contributed by atoms with van der Waals surface area (Å²) in [7, 11) is 0. The normalized spacial score (nSPS) is 13.0. The van der Waals surface area contributed by atoms with Crippen LogP contribution in [0.25, 0.3) is 0 Å². The third kappa shape index (κ3) is 5.87. The first-order chi connectivity index (χ1) is 12.4. The summed E-state index contributed by atoms with van der Waals surface area (Å²) in [6.45, 7) is 7.27. The van der Waals surface area contributed by atoms with E-state index >= 15 is 0 Å². The molecule has 26 heavy (non-hydrogen) atoms. The molecule has 3 N–H and O–H groups in total. The van der Waals surface area contributed by atoms with E-state index in [1.807, 2.05) is 26.0 Å². The Morgan fingerprint density at radius 2 is 1.96 bits per heavy atom. The Balaban J connectivity index is 2.06. The quantitative estimate of drug-likeness (QED) is 0.498. The highest BCUT2D eigenvalue weighted by atomic mass is 35.5. The molecule has 0 aromatic heterocycles. The van der Waals surface area contributed by atoms with Gasteiger partial charge in [-0.1, -0.05) is 17.2 Å². The lowest BCUT2D eigenvalue weighted by Gasteiger charge is -2.24. The molecule has 0 spiro atoms. The zero-order chi connectivity index (χ0) is 19.1. The van der Waals surface area contributed by atoms with Gasteiger partial charge in [-0.05, 0) is 82.2 Å². The van der Waals surface area contributed by atoms with E-state index in [1.54, 1.807) is 0 Å². The topological polar surface area (TPSA) is 47.9 Å². The van der Waals surface area contributed by atoms with Crippen LogP contribution in [-0.2, 0) is 13.0 Å². The number of rotatable bonds is 9. The van der Waals surface area contributed by atoms with Crippen molar-refractivity contribution in [1.82, 2.24) is 10.6 Å². The monoisotopic (exact) mass is 377 g/mol. The molecular weight excluding hydrogens is 349 g/mol. The maximum atomic E-state index is 14.3. The molecule has 1 aliphatic rings. The van der Waals surface area contributed by atoms with Crippen LogP contribution in [0.4, 0.5) is 4.39 Å². The molecule has 0 unspecified atom stereocenters. The van der Waals surface area contributed by atoms with E-state index in [9.17, 15) is 4.39 Å². The predicted octanol–water partition coefficient (Wildman–Crippen LogP) is 5.49. The van der Waals surface area contributed by atoms with Crippen molar-refractivity contribution in [3.63, 3.8) is 0 Å². The van der Waals surface area contributed by atoms with E-state index < -0.39 is 0 Å². The second-order valence-electron chi connectivity index (χ2n) is 7.00. The number of hydrogen-bond acceptors (Lipinski definition) is 3. The first-order valence-corrected chi connectivity index (χ1v) is 9.67. The van der Waals surface area contributed by atoms with Gasteiger partial charge in [0.15, 0.2) is 0 Å². The highest BCUT2D eigenvalue weighted by Crippen LogP contribution is 2.27. The minimum Gasteiger partial charge on any atom is -0.372 e. The van der Waals surface area contributed by atoms with Crippen LogP contribution in [0.2, 0.25) is 5.02 Å². The molecule has 0 amide bonds. The summed E-state index contributed by atoms with van der Waals surface area (Å²) in [4.78, 5) is 0. The highest BCUT2D eigenvalue weighted by molar-refractivity contribution is 6.31. The van der Waals surface area contributed by atoms with Crippen molar-refractivity contribution >= 4 is 17.3 Å². The number of benzene rings is 1. The van der Waals surface area contributed by atoms with Crippen molar-refractivity contribution < 1.29 is 4.39 Å². The maximum Gasteiger partial charge on any atom is 0.129 e. The molecule has 1 aliphatic carbocycles. The lowest BCUT2D eigenvalue weighted by molar-refractivity contribution is 0.570. The fourth-order valence-electron chi connectivity index (χ4n) is 2.94. The first-order valence-electron chi connectivity index (χ1n) is 9.29. The van der Waals surface area contributed by atoms with E-state index in [4.69, 9.17) is 17.0 Å². The first kappa shape index (κ1) is 20.5. The molecule has 142 valence electrons. The summed E-state index contributed by atoms with van der Waals surface area (Å²) in [5, 5.41) is 15.1. The summed E-state index contributed by atoms with van der Waals surface area (Å²) in [5.74, 6) is 0.750. The van der Waals surface area contributed by atoms with Gasteiger partial charge in [0.1, 0.15) is 5.82 Å². The summed E-state index contributed by atoms with van der Waals surface area (Å²) in [6, 6.07) is 3.22. The van der Waals surface area contributed by atoms with Crippen molar-refractivity contribution in [3.8, 4) is 0 Å². The van der Waals surface area contributed by atoms with Gasteiger partial charge in [0.05, 0.1) is 5.82 Å². The molecule has 0 bridgehead atoms. The molecule has 0 saturated heterocycles. The van der Waals surface area contributed by atoms with Crippen molar-refractivity contribution in [2.45, 2.75) is 59.4 Å². The van der Waals surface area contributed by atoms with E-state index in [-0.39, 0.29) is 5.82 Å². The van der Waals surface area contributed by atoms with E-state index in [0.29, 0.717) is 35.7 Å². The van der Waals surface area contributed by atoms with Gasteiger partial charge in [0.2, 0.25) is 0 Å². The predicted molar refractivity (Wildman–Crippen MR) is 108 cm³/mol. The number of halogens is 2. The van der Waals surface area contributed by atoms with Gasteiger partial charge < -0.3 is 16.0 Å². The Labute approximate surface area is 161 Å². The zero-order valence-electron chi connectivity index (χ0n) is 15.9. The molecule has 0 atom stereocenters. The van der Waals surface area contributed by atoms with Crippen LogP contribution < -0.4 is 10.6 Å². The molecular formula is C21H29ClFN3. The van der Waals surface area contributed by atoms with E-state index in [2.05, 4.69) is 17.6 Å². The molecule has 0 heterocycles. The second kappa shape index (κ2) is 9.77. The molecule has 1 aromatic carbocycles. The lowest BCUT2D eigenvalue weighted by atomic mass is 9.92. The van der Waals surface area contributed by atoms with Crippen molar-refractivity contribution in [1.29, 1.82) is 5.41 Å². The van der Waals surface area contributed by atoms with Crippen molar-refractivity contribution in [2.75, 3.05) is 6.54 Å². The smallest absolute Gasteiger partial charge is 0.129 e. The summed E-state index contributed by atoms with van der Waals surface area (Å²) in [5.41, 5.74) is 4.54. The van der Waals surface area contributed by atoms with Gasteiger partial charge in [-0.25, -0.2) is 4.39 Å². The molecule has 1 aromatic rings. The van der Waals surface area contributed by atoms with Gasteiger partial charge in [-0.3, -0.25) is 0 Å². The van der Waals surface area contributed by atoms with Crippen molar-refractivity contribution in [3.05, 3.63) is 57.1 Å². The van der Waals surface area contributed by atoms with E-state index in [1.165, 1.54) is 18.1 Å². The third-order valence-corrected chi connectivity index (χ3v) is 4.81. The molecule has 3 nitrogen and oxygen atoms in total. The van der Waals surface area contributed by atoms with Gasteiger partial charge in [-0.15, -0.1) is 0 Å². The average Bonchev–Trinajstić information content (AvgIpc) is 2.50. The van der Waals surface area contributed by atoms with Crippen LogP contribution in [0.1, 0.15) is 57.6 Å². The number of hydrogen-bond donors (Lipinski definition) is 3. The molecule has 2 rings (SSSR count). The molecule has 0 radical (unpaired) electrons. The highest BCUT2D eigenvalue weighted by Gasteiger charge is 2.15. The Bertz CT molecular complexity index is 712. The SMILES string of the molecule is CCNC(NCc1cc(CCC(=N)C=C(C)C)c(Cl)cc1F)=C1CCC1. The average molecular weight is 378 g/mol. The maximum absolute atomic E-state index is 14.3. The lowest BCUT2D eigenvalue weighted by Crippen LogP contribution is -2.29. The van der Waals surface area contributed by atoms with Crippen LogP contribution in [0.3, 0.4) is 0 Å². The Morgan fingerprint density at radius 1 is 1.23 bits per heavy atom. The van der Waals surface area contributed by atoms with Crippen LogP contribution in [0.15, 0.2) is 35.2 Å². The molecule has 1 saturated carbocycles. The standard InChI is InChI=1S/C21H29ClFN3/c1-4-25-21(15-6-5-7-15)26-13-17-11-16(19(22)12-20(17)23)8-9-18(24)10-14(2)3/h10-12,24-26H,4-9,13H2,1-3H3. The van der Waals surface area contributed by atoms with Gasteiger partial charge in [-0.2, -0.15) is 0 Å². The third-order valence-electron chi connectivity index (χ3n) is 4.46. The zero-order valence-corrected chi connectivity index (χ0v) is 16.7. The van der Waals surface area contributed by atoms with Crippen LogP contribution in [-0.4, -0.2) is 12.3 Å². The number of aryl methyl sites for hydroxylation is 1. The molecule has 1 fully saturated rings. The number of allylic oxidation sites excluding steroid dienone is 3. The van der Waals surface area contributed by atoms with Crippen LogP contribution in [0.5, 0.6) is 0 Å². The Hall–Kier alpha value is -1.81.